The van der Waals surface area contributed by atoms with Gasteiger partial charge in [0, 0.05) is 17.5 Å². The summed E-state index contributed by atoms with van der Waals surface area (Å²) >= 11 is 0. The molecule has 7 nitrogen and oxygen atoms in total. The summed E-state index contributed by atoms with van der Waals surface area (Å²) in [6.45, 7) is 2.45. The fourth-order valence-corrected chi connectivity index (χ4v) is 3.44. The highest BCUT2D eigenvalue weighted by atomic mass is 16.5. The number of benzene rings is 1. The van der Waals surface area contributed by atoms with Crippen LogP contribution in [-0.4, -0.2) is 33.1 Å². The zero-order chi connectivity index (χ0) is 19.4. The second-order valence-corrected chi connectivity index (χ2v) is 6.49. The van der Waals surface area contributed by atoms with Gasteiger partial charge in [0.1, 0.15) is 5.75 Å². The summed E-state index contributed by atoms with van der Waals surface area (Å²) in [5, 5.41) is 10.3. The molecule has 2 aromatic heterocycles. The molecule has 0 saturated carbocycles. The highest BCUT2D eigenvalue weighted by Crippen LogP contribution is 2.37. The van der Waals surface area contributed by atoms with Crippen molar-refractivity contribution in [2.75, 3.05) is 6.61 Å². The number of aliphatic carboxylic acids is 1. The van der Waals surface area contributed by atoms with Crippen molar-refractivity contribution in [3.05, 3.63) is 36.2 Å². The number of aromatic nitrogens is 2. The maximum absolute atomic E-state index is 12.0. The van der Waals surface area contributed by atoms with Crippen molar-refractivity contribution in [1.29, 1.82) is 0 Å². The number of aryl methyl sites for hydroxylation is 1. The summed E-state index contributed by atoms with van der Waals surface area (Å²) in [7, 11) is 0. The van der Waals surface area contributed by atoms with E-state index in [1.54, 1.807) is 18.3 Å². The largest absolute Gasteiger partial charge is 0.480 e. The smallest absolute Gasteiger partial charge is 0.341 e. The topological polar surface area (TPSA) is 107 Å². The standard InChI is InChI=1S/C20H23N3O4/c1-2-3-4-5-9-23-14-8-6-7-13(20(21)26)18(14)19-15(23)10-22-11-16(19)27-12-17(24)25/h6-8,10-11H,2-5,9,12H2,1H3,(H2,21,26)(H,24,25). The van der Waals surface area contributed by atoms with Crippen LogP contribution in [0.5, 0.6) is 5.75 Å². The van der Waals surface area contributed by atoms with Gasteiger partial charge in [-0.05, 0) is 18.6 Å². The molecule has 0 aliphatic carbocycles. The Labute approximate surface area is 156 Å². The number of ether oxygens (including phenoxy) is 1. The fourth-order valence-electron chi connectivity index (χ4n) is 3.44. The first-order valence-electron chi connectivity index (χ1n) is 9.08. The van der Waals surface area contributed by atoms with Crippen molar-refractivity contribution in [3.63, 3.8) is 0 Å². The van der Waals surface area contributed by atoms with E-state index in [1.807, 2.05) is 6.07 Å². The van der Waals surface area contributed by atoms with Crippen LogP contribution in [0.4, 0.5) is 0 Å². The number of carbonyl (C=O) groups is 2. The highest BCUT2D eigenvalue weighted by molar-refractivity contribution is 6.19. The number of hydrogen-bond donors (Lipinski definition) is 2. The van der Waals surface area contributed by atoms with E-state index in [-0.39, 0.29) is 0 Å². The number of pyridine rings is 1. The number of hydrogen-bond acceptors (Lipinski definition) is 4. The zero-order valence-electron chi connectivity index (χ0n) is 15.3. The van der Waals surface area contributed by atoms with Crippen molar-refractivity contribution < 1.29 is 19.4 Å². The quantitative estimate of drug-likeness (QED) is 0.563. The first kappa shape index (κ1) is 18.7. The number of amides is 1. The Morgan fingerprint density at radius 2 is 1.96 bits per heavy atom. The Bertz CT molecular complexity index is 994. The minimum atomic E-state index is -1.08. The molecule has 142 valence electrons. The summed E-state index contributed by atoms with van der Waals surface area (Å²) in [5.41, 5.74) is 7.65. The van der Waals surface area contributed by atoms with Gasteiger partial charge < -0.3 is 20.1 Å². The van der Waals surface area contributed by atoms with Gasteiger partial charge in [0.25, 0.3) is 0 Å². The Morgan fingerprint density at radius 3 is 2.67 bits per heavy atom. The van der Waals surface area contributed by atoms with E-state index in [2.05, 4.69) is 16.5 Å². The monoisotopic (exact) mass is 369 g/mol. The first-order chi connectivity index (χ1) is 13.0. The first-order valence-corrected chi connectivity index (χ1v) is 9.08. The number of carbonyl (C=O) groups excluding carboxylic acids is 1. The van der Waals surface area contributed by atoms with Crippen LogP contribution in [0.1, 0.15) is 43.0 Å². The summed E-state index contributed by atoms with van der Waals surface area (Å²) in [6.07, 6.45) is 7.60. The van der Waals surface area contributed by atoms with E-state index in [4.69, 9.17) is 15.6 Å². The molecule has 27 heavy (non-hydrogen) atoms. The lowest BCUT2D eigenvalue weighted by molar-refractivity contribution is -0.139. The molecule has 0 bridgehead atoms. The molecule has 0 radical (unpaired) electrons. The number of carboxylic acids is 1. The normalized spacial score (nSPS) is 11.1. The minimum Gasteiger partial charge on any atom is -0.480 e. The molecule has 0 fully saturated rings. The van der Waals surface area contributed by atoms with Gasteiger partial charge in [-0.25, -0.2) is 4.79 Å². The Balaban J connectivity index is 2.21. The van der Waals surface area contributed by atoms with Crippen LogP contribution in [0.25, 0.3) is 21.8 Å². The van der Waals surface area contributed by atoms with Crippen LogP contribution in [0.2, 0.25) is 0 Å². The van der Waals surface area contributed by atoms with Gasteiger partial charge in [-0.15, -0.1) is 0 Å². The maximum atomic E-state index is 12.0. The number of rotatable bonds is 9. The number of unbranched alkanes of at least 4 members (excludes halogenated alkanes) is 3. The van der Waals surface area contributed by atoms with Crippen LogP contribution in [-0.2, 0) is 11.3 Å². The van der Waals surface area contributed by atoms with Crippen molar-refractivity contribution in [2.45, 2.75) is 39.2 Å². The summed E-state index contributed by atoms with van der Waals surface area (Å²) < 4.78 is 7.56. The number of nitrogens with zero attached hydrogens (tertiary/aromatic N) is 2. The number of carboxylic acid groups (broad SMARTS) is 1. The van der Waals surface area contributed by atoms with E-state index < -0.39 is 18.5 Å². The predicted octanol–water partition coefficient (Wildman–Crippen LogP) is 3.33. The van der Waals surface area contributed by atoms with Crippen molar-refractivity contribution in [2.24, 2.45) is 5.73 Å². The van der Waals surface area contributed by atoms with Gasteiger partial charge in [0.2, 0.25) is 5.91 Å². The minimum absolute atomic E-state index is 0.334. The Kier molecular flexibility index (Phi) is 5.59. The highest BCUT2D eigenvalue weighted by Gasteiger charge is 2.20. The lowest BCUT2D eigenvalue weighted by atomic mass is 10.1. The van der Waals surface area contributed by atoms with E-state index in [0.717, 1.165) is 43.3 Å². The van der Waals surface area contributed by atoms with Gasteiger partial charge in [-0.1, -0.05) is 32.3 Å². The number of nitrogens with two attached hydrogens (primary N) is 1. The molecule has 3 rings (SSSR count). The number of fused-ring (bicyclic) bond motifs is 3. The van der Waals surface area contributed by atoms with E-state index in [0.29, 0.717) is 22.1 Å². The molecule has 0 aliphatic rings. The average Bonchev–Trinajstić information content (AvgIpc) is 2.97. The molecule has 1 amide bonds. The van der Waals surface area contributed by atoms with E-state index in [1.165, 1.54) is 6.20 Å². The third-order valence-corrected chi connectivity index (χ3v) is 4.62. The van der Waals surface area contributed by atoms with Crippen LogP contribution in [0.3, 0.4) is 0 Å². The molecule has 1 aromatic carbocycles. The molecule has 0 aliphatic heterocycles. The van der Waals surface area contributed by atoms with Crippen molar-refractivity contribution >= 4 is 33.7 Å². The molecule has 3 N–H and O–H groups in total. The van der Waals surface area contributed by atoms with Crippen molar-refractivity contribution in [3.8, 4) is 5.75 Å². The lowest BCUT2D eigenvalue weighted by Gasteiger charge is -2.08. The lowest BCUT2D eigenvalue weighted by Crippen LogP contribution is -2.11. The van der Waals surface area contributed by atoms with Crippen molar-refractivity contribution in [1.82, 2.24) is 9.55 Å². The number of primary amides is 1. The van der Waals surface area contributed by atoms with E-state index in [9.17, 15) is 9.59 Å². The average molecular weight is 369 g/mol. The molecule has 0 spiro atoms. The van der Waals surface area contributed by atoms with Crippen LogP contribution in [0, 0.1) is 0 Å². The van der Waals surface area contributed by atoms with Crippen LogP contribution in [0.15, 0.2) is 30.6 Å². The second-order valence-electron chi connectivity index (χ2n) is 6.49. The van der Waals surface area contributed by atoms with Gasteiger partial charge in [0.15, 0.2) is 6.61 Å². The second kappa shape index (κ2) is 8.07. The van der Waals surface area contributed by atoms with Crippen LogP contribution < -0.4 is 10.5 Å². The summed E-state index contributed by atoms with van der Waals surface area (Å²) in [4.78, 5) is 27.1. The molecule has 3 aromatic rings. The fraction of sp³-hybridized carbons (Fsp3) is 0.350. The maximum Gasteiger partial charge on any atom is 0.341 e. The zero-order valence-corrected chi connectivity index (χ0v) is 15.3. The predicted molar refractivity (Wildman–Crippen MR) is 103 cm³/mol. The molecule has 7 heteroatoms. The van der Waals surface area contributed by atoms with Crippen LogP contribution >= 0.6 is 0 Å². The van der Waals surface area contributed by atoms with Gasteiger partial charge >= 0.3 is 5.97 Å². The third-order valence-electron chi connectivity index (χ3n) is 4.62. The Morgan fingerprint density at radius 1 is 1.15 bits per heavy atom. The molecule has 0 atom stereocenters. The van der Waals surface area contributed by atoms with E-state index >= 15 is 0 Å². The summed E-state index contributed by atoms with van der Waals surface area (Å²) in [5.74, 6) is -1.28. The van der Waals surface area contributed by atoms with Gasteiger partial charge in [-0.2, -0.15) is 0 Å². The SMILES string of the molecule is CCCCCCn1c2cncc(OCC(=O)O)c2c2c(C(N)=O)cccc21. The summed E-state index contributed by atoms with van der Waals surface area (Å²) in [6, 6.07) is 5.41. The van der Waals surface area contributed by atoms with Gasteiger partial charge in [-0.3, -0.25) is 9.78 Å². The molecule has 2 heterocycles. The molecule has 0 saturated heterocycles. The molecular formula is C20H23N3O4. The Hall–Kier alpha value is -3.09. The molecule has 0 unspecified atom stereocenters. The van der Waals surface area contributed by atoms with Gasteiger partial charge in [0.05, 0.1) is 28.8 Å². The molecular weight excluding hydrogens is 346 g/mol. The third kappa shape index (κ3) is 3.72.